The Bertz CT molecular complexity index is 125. The van der Waals surface area contributed by atoms with Crippen LogP contribution < -0.4 is 5.32 Å². The van der Waals surface area contributed by atoms with Crippen molar-refractivity contribution in [2.75, 3.05) is 13.1 Å². The highest BCUT2D eigenvalue weighted by molar-refractivity contribution is 4.90. The molecule has 0 aromatic rings. The van der Waals surface area contributed by atoms with Crippen molar-refractivity contribution in [3.8, 4) is 6.07 Å². The lowest BCUT2D eigenvalue weighted by molar-refractivity contribution is 0.332. The molecule has 9 heavy (non-hydrogen) atoms. The quantitative estimate of drug-likeness (QED) is 0.517. The molecule has 0 saturated carbocycles. The molecule has 1 aliphatic rings. The summed E-state index contributed by atoms with van der Waals surface area (Å²) >= 11 is 0. The van der Waals surface area contributed by atoms with Crippen molar-refractivity contribution < 1.29 is 0 Å². The Hall–Kier alpha value is -0.550. The van der Waals surface area contributed by atoms with Gasteiger partial charge >= 0.3 is 0 Å². The van der Waals surface area contributed by atoms with Gasteiger partial charge in [0.2, 0.25) is 0 Å². The molecular formula is C7H12N2. The molecule has 0 aliphatic carbocycles. The molecule has 1 saturated heterocycles. The average molecular weight is 124 g/mol. The van der Waals surface area contributed by atoms with Gasteiger partial charge in [0.05, 0.1) is 12.0 Å². The highest BCUT2D eigenvalue weighted by Gasteiger charge is 2.19. The minimum Gasteiger partial charge on any atom is -0.316 e. The number of nitriles is 1. The van der Waals surface area contributed by atoms with Gasteiger partial charge in [0.25, 0.3) is 0 Å². The van der Waals surface area contributed by atoms with Crippen molar-refractivity contribution in [2.24, 2.45) is 11.8 Å². The fourth-order valence-corrected chi connectivity index (χ4v) is 1.21. The van der Waals surface area contributed by atoms with E-state index in [1.165, 1.54) is 0 Å². The first-order valence-corrected chi connectivity index (χ1v) is 3.45. The molecule has 2 heteroatoms. The molecular weight excluding hydrogens is 112 g/mol. The van der Waals surface area contributed by atoms with Crippen LogP contribution in [0, 0.1) is 23.2 Å². The summed E-state index contributed by atoms with van der Waals surface area (Å²) in [6.07, 6.45) is 1.03. The third-order valence-electron chi connectivity index (χ3n) is 1.95. The second-order valence-electron chi connectivity index (χ2n) is 2.71. The van der Waals surface area contributed by atoms with E-state index < -0.39 is 0 Å². The third kappa shape index (κ3) is 1.43. The van der Waals surface area contributed by atoms with Crippen LogP contribution in [0.5, 0.6) is 0 Å². The molecule has 1 aliphatic heterocycles. The summed E-state index contributed by atoms with van der Waals surface area (Å²) < 4.78 is 0. The van der Waals surface area contributed by atoms with Crippen molar-refractivity contribution in [2.45, 2.75) is 13.3 Å². The normalized spacial score (nSPS) is 35.6. The van der Waals surface area contributed by atoms with Crippen LogP contribution in [0.4, 0.5) is 0 Å². The molecule has 1 unspecified atom stereocenters. The van der Waals surface area contributed by atoms with E-state index in [2.05, 4.69) is 18.3 Å². The Labute approximate surface area is 55.9 Å². The fourth-order valence-electron chi connectivity index (χ4n) is 1.21. The van der Waals surface area contributed by atoms with Gasteiger partial charge in [-0.05, 0) is 25.4 Å². The van der Waals surface area contributed by atoms with E-state index in [1.807, 2.05) is 0 Å². The summed E-state index contributed by atoms with van der Waals surface area (Å²) in [6, 6.07) is 2.31. The number of piperidine rings is 1. The number of nitrogens with one attached hydrogen (secondary N) is 1. The van der Waals surface area contributed by atoms with Crippen LogP contribution in [0.25, 0.3) is 0 Å². The van der Waals surface area contributed by atoms with E-state index in [4.69, 9.17) is 5.26 Å². The van der Waals surface area contributed by atoms with E-state index in [-0.39, 0.29) is 0 Å². The molecule has 1 heterocycles. The topological polar surface area (TPSA) is 35.8 Å². The van der Waals surface area contributed by atoms with Gasteiger partial charge in [-0.15, -0.1) is 0 Å². The van der Waals surface area contributed by atoms with Gasteiger partial charge in [0.1, 0.15) is 0 Å². The van der Waals surface area contributed by atoms with E-state index in [0.717, 1.165) is 19.5 Å². The first-order chi connectivity index (χ1) is 4.34. The van der Waals surface area contributed by atoms with E-state index in [1.54, 1.807) is 0 Å². The van der Waals surface area contributed by atoms with Crippen molar-refractivity contribution in [3.63, 3.8) is 0 Å². The van der Waals surface area contributed by atoms with Gasteiger partial charge in [-0.3, -0.25) is 0 Å². The molecule has 0 aromatic carbocycles. The summed E-state index contributed by atoms with van der Waals surface area (Å²) in [5, 5.41) is 11.8. The van der Waals surface area contributed by atoms with Crippen molar-refractivity contribution in [1.29, 1.82) is 5.26 Å². The molecule has 2 atom stereocenters. The van der Waals surface area contributed by atoms with E-state index in [0.29, 0.717) is 11.8 Å². The van der Waals surface area contributed by atoms with Crippen LogP contribution in [-0.4, -0.2) is 13.1 Å². The monoisotopic (exact) mass is 124 g/mol. The van der Waals surface area contributed by atoms with Gasteiger partial charge in [-0.25, -0.2) is 0 Å². The third-order valence-corrected chi connectivity index (χ3v) is 1.95. The zero-order valence-electron chi connectivity index (χ0n) is 5.72. The Balaban J connectivity index is 2.41. The maximum Gasteiger partial charge on any atom is 0.0659 e. The fraction of sp³-hybridized carbons (Fsp3) is 0.857. The Morgan fingerprint density at radius 1 is 1.67 bits per heavy atom. The minimum absolute atomic E-state index is 0.297. The standard InChI is InChI=1S/C7H12N2/c1-6-5-9-3-2-7(6)4-8/h6-7,9H,2-3,5H2,1H3/t6-,7?/m1/s1. The smallest absolute Gasteiger partial charge is 0.0659 e. The summed E-state index contributed by atoms with van der Waals surface area (Å²) in [5.74, 6) is 0.843. The maximum absolute atomic E-state index is 8.58. The van der Waals surface area contributed by atoms with Crippen molar-refractivity contribution in [3.05, 3.63) is 0 Å². The molecule has 1 N–H and O–H groups in total. The summed E-state index contributed by atoms with van der Waals surface area (Å²) in [4.78, 5) is 0. The predicted molar refractivity (Wildman–Crippen MR) is 35.8 cm³/mol. The van der Waals surface area contributed by atoms with Crippen LogP contribution in [-0.2, 0) is 0 Å². The molecule has 1 fully saturated rings. The molecule has 0 spiro atoms. The molecule has 50 valence electrons. The Kier molecular flexibility index (Phi) is 2.07. The molecule has 0 bridgehead atoms. The second-order valence-corrected chi connectivity index (χ2v) is 2.71. The van der Waals surface area contributed by atoms with Crippen LogP contribution >= 0.6 is 0 Å². The molecule has 2 nitrogen and oxygen atoms in total. The first kappa shape index (κ1) is 6.57. The predicted octanol–water partition coefficient (Wildman–Crippen LogP) is 0.756. The maximum atomic E-state index is 8.58. The number of hydrogen-bond donors (Lipinski definition) is 1. The highest BCUT2D eigenvalue weighted by Crippen LogP contribution is 2.16. The average Bonchev–Trinajstić information content (AvgIpc) is 1.89. The molecule has 0 aromatic heterocycles. The lowest BCUT2D eigenvalue weighted by atomic mass is 9.89. The SMILES string of the molecule is C[C@@H]1CNCCC1C#N. The van der Waals surface area contributed by atoms with Gasteiger partial charge in [-0.2, -0.15) is 5.26 Å². The van der Waals surface area contributed by atoms with Gasteiger partial charge in [-0.1, -0.05) is 6.92 Å². The Morgan fingerprint density at radius 2 is 2.44 bits per heavy atom. The molecule has 0 amide bonds. The number of rotatable bonds is 0. The van der Waals surface area contributed by atoms with Gasteiger partial charge in [0.15, 0.2) is 0 Å². The van der Waals surface area contributed by atoms with Crippen LogP contribution in [0.2, 0.25) is 0 Å². The molecule has 1 rings (SSSR count). The van der Waals surface area contributed by atoms with Gasteiger partial charge in [0, 0.05) is 0 Å². The number of nitrogens with zero attached hydrogens (tertiary/aromatic N) is 1. The Morgan fingerprint density at radius 3 is 2.89 bits per heavy atom. The molecule has 0 radical (unpaired) electrons. The van der Waals surface area contributed by atoms with E-state index >= 15 is 0 Å². The van der Waals surface area contributed by atoms with Crippen LogP contribution in [0.15, 0.2) is 0 Å². The van der Waals surface area contributed by atoms with Gasteiger partial charge < -0.3 is 5.32 Å². The first-order valence-electron chi connectivity index (χ1n) is 3.45. The summed E-state index contributed by atoms with van der Waals surface area (Å²) in [5.41, 5.74) is 0. The largest absolute Gasteiger partial charge is 0.316 e. The number of hydrogen-bond acceptors (Lipinski definition) is 2. The van der Waals surface area contributed by atoms with Crippen molar-refractivity contribution >= 4 is 0 Å². The van der Waals surface area contributed by atoms with Crippen molar-refractivity contribution in [1.82, 2.24) is 5.32 Å². The van der Waals surface area contributed by atoms with E-state index in [9.17, 15) is 0 Å². The lowest BCUT2D eigenvalue weighted by Crippen LogP contribution is -2.34. The highest BCUT2D eigenvalue weighted by atomic mass is 14.9. The minimum atomic E-state index is 0.297. The zero-order chi connectivity index (χ0) is 6.69. The summed E-state index contributed by atoms with van der Waals surface area (Å²) in [7, 11) is 0. The lowest BCUT2D eigenvalue weighted by Gasteiger charge is -2.23. The summed E-state index contributed by atoms with van der Waals surface area (Å²) in [6.45, 7) is 4.15. The second kappa shape index (κ2) is 2.84. The van der Waals surface area contributed by atoms with Crippen LogP contribution in [0.3, 0.4) is 0 Å². The zero-order valence-corrected chi connectivity index (χ0v) is 5.72. The van der Waals surface area contributed by atoms with Crippen LogP contribution in [0.1, 0.15) is 13.3 Å².